The molecule has 7 nitrogen and oxygen atoms in total. The number of aliphatic carboxylic acids is 1. The summed E-state index contributed by atoms with van der Waals surface area (Å²) in [7, 11) is 0. The Bertz CT molecular complexity index is 1540. The number of halogens is 1. The summed E-state index contributed by atoms with van der Waals surface area (Å²) in [5, 5.41) is 13.4. The number of ether oxygens (including phenoxy) is 1. The molecule has 0 saturated carbocycles. The molecule has 4 aromatic rings. The molecule has 0 aliphatic heterocycles. The zero-order chi connectivity index (χ0) is 29.9. The Labute approximate surface area is 250 Å². The van der Waals surface area contributed by atoms with Crippen LogP contribution in [0.2, 0.25) is 5.02 Å². The number of rotatable bonds is 14. The maximum absolute atomic E-state index is 13.1. The number of amides is 1. The zero-order valence-corrected chi connectivity index (χ0v) is 23.7. The second-order valence-corrected chi connectivity index (χ2v) is 9.88. The minimum Gasteiger partial charge on any atom is -0.494 e. The van der Waals surface area contributed by atoms with Gasteiger partial charge in [-0.25, -0.2) is 4.79 Å². The lowest BCUT2D eigenvalue weighted by molar-refractivity contribution is -0.137. The highest BCUT2D eigenvalue weighted by Crippen LogP contribution is 2.26. The van der Waals surface area contributed by atoms with Crippen molar-refractivity contribution in [2.75, 3.05) is 23.4 Å². The SMILES string of the molecule is C=CC(=O)N(CCCOc1ccc(CC(Nc2ccccc2C(=O)c2ccccc2)C(=O)O)cc1)c1ccccc1Cl. The molecule has 0 aromatic heterocycles. The van der Waals surface area contributed by atoms with Crippen LogP contribution in [0.15, 0.2) is 116 Å². The molecule has 0 fully saturated rings. The van der Waals surface area contributed by atoms with E-state index in [1.165, 1.54) is 6.08 Å². The monoisotopic (exact) mass is 582 g/mol. The Kier molecular flexibility index (Phi) is 10.5. The molecule has 0 aliphatic carbocycles. The van der Waals surface area contributed by atoms with Crippen LogP contribution in [-0.2, 0) is 16.0 Å². The third kappa shape index (κ3) is 7.86. The molecule has 0 heterocycles. The Hall–Kier alpha value is -4.88. The van der Waals surface area contributed by atoms with Crippen LogP contribution in [0.3, 0.4) is 0 Å². The van der Waals surface area contributed by atoms with Gasteiger partial charge in [-0.2, -0.15) is 0 Å². The molecule has 1 amide bonds. The molecule has 0 spiro atoms. The molecular formula is C34H31ClN2O5. The number of anilines is 2. The highest BCUT2D eigenvalue weighted by Gasteiger charge is 2.21. The predicted molar refractivity (Wildman–Crippen MR) is 166 cm³/mol. The molecule has 0 saturated heterocycles. The van der Waals surface area contributed by atoms with Crippen molar-refractivity contribution >= 4 is 40.6 Å². The summed E-state index contributed by atoms with van der Waals surface area (Å²) < 4.78 is 5.86. The van der Waals surface area contributed by atoms with Gasteiger partial charge in [0.05, 0.1) is 17.3 Å². The van der Waals surface area contributed by atoms with E-state index in [1.807, 2.05) is 24.3 Å². The maximum atomic E-state index is 13.1. The standard InChI is InChI=1S/C34H31ClN2O5/c1-2-32(38)37(31-16-9-7-14-28(31)35)21-10-22-42-26-19-17-24(18-20-26)23-30(34(40)41)36-29-15-8-6-13-27(29)33(39)25-11-4-3-5-12-25/h2-9,11-20,30,36H,1,10,21-23H2,(H,40,41). The lowest BCUT2D eigenvalue weighted by Gasteiger charge is -2.22. The number of carbonyl (C=O) groups is 3. The van der Waals surface area contributed by atoms with Crippen LogP contribution < -0.4 is 15.0 Å². The third-order valence-corrected chi connectivity index (χ3v) is 6.90. The van der Waals surface area contributed by atoms with Crippen molar-refractivity contribution in [3.05, 3.63) is 137 Å². The summed E-state index contributed by atoms with van der Waals surface area (Å²) >= 11 is 6.28. The highest BCUT2D eigenvalue weighted by atomic mass is 35.5. The fraction of sp³-hybridized carbons (Fsp3) is 0.147. The van der Waals surface area contributed by atoms with Crippen molar-refractivity contribution < 1.29 is 24.2 Å². The van der Waals surface area contributed by atoms with Crippen LogP contribution >= 0.6 is 11.6 Å². The minimum atomic E-state index is -1.03. The van der Waals surface area contributed by atoms with Crippen LogP contribution in [0.1, 0.15) is 27.9 Å². The van der Waals surface area contributed by atoms with Crippen LogP contribution in [0.25, 0.3) is 0 Å². The number of para-hydroxylation sites is 2. The van der Waals surface area contributed by atoms with Crippen LogP contribution in [0.5, 0.6) is 5.75 Å². The van der Waals surface area contributed by atoms with Gasteiger partial charge in [0.25, 0.3) is 0 Å². The maximum Gasteiger partial charge on any atom is 0.326 e. The van der Waals surface area contributed by atoms with Crippen LogP contribution in [0, 0.1) is 0 Å². The van der Waals surface area contributed by atoms with Gasteiger partial charge in [-0.15, -0.1) is 0 Å². The van der Waals surface area contributed by atoms with Crippen molar-refractivity contribution in [3.8, 4) is 5.75 Å². The molecule has 1 atom stereocenters. The number of nitrogens with one attached hydrogen (secondary N) is 1. The van der Waals surface area contributed by atoms with Crippen molar-refractivity contribution in [2.24, 2.45) is 0 Å². The molecule has 2 N–H and O–H groups in total. The average Bonchev–Trinajstić information content (AvgIpc) is 3.02. The van der Waals surface area contributed by atoms with Gasteiger partial charge >= 0.3 is 5.97 Å². The number of hydrogen-bond donors (Lipinski definition) is 2. The fourth-order valence-corrected chi connectivity index (χ4v) is 4.68. The molecule has 214 valence electrons. The summed E-state index contributed by atoms with van der Waals surface area (Å²) in [5.74, 6) is -0.847. The van der Waals surface area contributed by atoms with E-state index >= 15 is 0 Å². The van der Waals surface area contributed by atoms with Gasteiger partial charge in [-0.3, -0.25) is 9.59 Å². The summed E-state index contributed by atoms with van der Waals surface area (Å²) in [6.07, 6.45) is 2.00. The Morgan fingerprint density at radius 1 is 0.905 bits per heavy atom. The molecule has 4 aromatic carbocycles. The number of carbonyl (C=O) groups excluding carboxylic acids is 2. The van der Waals surface area contributed by atoms with Gasteiger partial charge < -0.3 is 20.1 Å². The molecule has 1 unspecified atom stereocenters. The second kappa shape index (κ2) is 14.7. The Morgan fingerprint density at radius 3 is 2.26 bits per heavy atom. The number of benzene rings is 4. The first kappa shape index (κ1) is 30.1. The Balaban J connectivity index is 1.35. The van der Waals surface area contributed by atoms with Crippen molar-refractivity contribution in [2.45, 2.75) is 18.9 Å². The van der Waals surface area contributed by atoms with Gasteiger partial charge in [0.2, 0.25) is 5.91 Å². The fourth-order valence-electron chi connectivity index (χ4n) is 4.44. The lowest BCUT2D eigenvalue weighted by Crippen LogP contribution is -2.32. The number of nitrogens with zero attached hydrogens (tertiary/aromatic N) is 1. The van der Waals surface area contributed by atoms with E-state index < -0.39 is 12.0 Å². The van der Waals surface area contributed by atoms with Gasteiger partial charge in [0.1, 0.15) is 11.8 Å². The van der Waals surface area contributed by atoms with E-state index in [4.69, 9.17) is 16.3 Å². The first-order chi connectivity index (χ1) is 20.4. The van der Waals surface area contributed by atoms with E-state index in [2.05, 4.69) is 11.9 Å². The molecular weight excluding hydrogens is 552 g/mol. The van der Waals surface area contributed by atoms with E-state index in [0.29, 0.717) is 52.8 Å². The molecule has 8 heteroatoms. The highest BCUT2D eigenvalue weighted by molar-refractivity contribution is 6.34. The number of ketones is 1. The average molecular weight is 583 g/mol. The summed E-state index contributed by atoms with van der Waals surface area (Å²) in [5.41, 5.74) is 2.79. The van der Waals surface area contributed by atoms with Crippen molar-refractivity contribution in [1.82, 2.24) is 0 Å². The topological polar surface area (TPSA) is 95.9 Å². The third-order valence-electron chi connectivity index (χ3n) is 6.58. The van der Waals surface area contributed by atoms with Gasteiger partial charge in [-0.05, 0) is 54.5 Å². The number of carboxylic acid groups (broad SMARTS) is 1. The molecule has 42 heavy (non-hydrogen) atoms. The first-order valence-electron chi connectivity index (χ1n) is 13.5. The summed E-state index contributed by atoms with van der Waals surface area (Å²) in [6, 6.07) is 29.1. The van der Waals surface area contributed by atoms with Crippen molar-refractivity contribution in [1.29, 1.82) is 0 Å². The molecule has 0 radical (unpaired) electrons. The quantitative estimate of drug-likeness (QED) is 0.0979. The summed E-state index contributed by atoms with van der Waals surface area (Å²) in [4.78, 5) is 39.1. The number of carboxylic acids is 1. The summed E-state index contributed by atoms with van der Waals surface area (Å²) in [6.45, 7) is 4.33. The predicted octanol–water partition coefficient (Wildman–Crippen LogP) is 6.67. The largest absolute Gasteiger partial charge is 0.494 e. The lowest BCUT2D eigenvalue weighted by atomic mass is 10.00. The van der Waals surface area contributed by atoms with E-state index in [0.717, 1.165) is 5.56 Å². The first-order valence-corrected chi connectivity index (χ1v) is 13.8. The van der Waals surface area contributed by atoms with E-state index in [-0.39, 0.29) is 18.1 Å². The zero-order valence-electron chi connectivity index (χ0n) is 22.9. The van der Waals surface area contributed by atoms with Crippen molar-refractivity contribution in [3.63, 3.8) is 0 Å². The molecule has 0 aliphatic rings. The van der Waals surface area contributed by atoms with Gasteiger partial charge in [-0.1, -0.05) is 84.9 Å². The molecule has 4 rings (SSSR count). The smallest absolute Gasteiger partial charge is 0.326 e. The van der Waals surface area contributed by atoms with Crippen LogP contribution in [0.4, 0.5) is 11.4 Å². The Morgan fingerprint density at radius 2 is 1.57 bits per heavy atom. The van der Waals surface area contributed by atoms with E-state index in [1.54, 1.807) is 83.8 Å². The van der Waals surface area contributed by atoms with E-state index in [9.17, 15) is 19.5 Å². The number of hydrogen-bond acceptors (Lipinski definition) is 5. The second-order valence-electron chi connectivity index (χ2n) is 9.47. The molecule has 0 bridgehead atoms. The van der Waals surface area contributed by atoms with Crippen LogP contribution in [-0.4, -0.2) is 42.0 Å². The minimum absolute atomic E-state index is 0.187. The van der Waals surface area contributed by atoms with Gasteiger partial charge in [0, 0.05) is 29.8 Å². The van der Waals surface area contributed by atoms with Gasteiger partial charge in [0.15, 0.2) is 5.78 Å². The normalized spacial score (nSPS) is 11.3.